The minimum absolute atomic E-state index is 0.125. The topological polar surface area (TPSA) is 37.3 Å². The van der Waals surface area contributed by atoms with E-state index in [1.54, 1.807) is 13.2 Å². The Hall–Kier alpha value is -0.370. The minimum atomic E-state index is -0.525. The molecule has 1 atom stereocenters. The number of aliphatic hydroxyl groups excluding tert-OH is 1. The van der Waals surface area contributed by atoms with Gasteiger partial charge in [-0.25, -0.2) is 0 Å². The zero-order valence-corrected chi connectivity index (χ0v) is 3.64. The second kappa shape index (κ2) is 2.85. The van der Waals surface area contributed by atoms with E-state index in [1.807, 2.05) is 0 Å². The summed E-state index contributed by atoms with van der Waals surface area (Å²) in [6.07, 6.45) is 1.17. The molecule has 0 aromatic heterocycles. The molecule has 2 heteroatoms. The first kappa shape index (κ1) is 5.63. The van der Waals surface area contributed by atoms with E-state index in [4.69, 9.17) is 5.11 Å². The van der Waals surface area contributed by atoms with Crippen molar-refractivity contribution in [2.45, 2.75) is 19.4 Å². The van der Waals surface area contributed by atoms with Crippen molar-refractivity contribution in [1.29, 1.82) is 0 Å². The van der Waals surface area contributed by atoms with Gasteiger partial charge in [0, 0.05) is 6.42 Å². The number of rotatable bonds is 2. The van der Waals surface area contributed by atoms with E-state index in [-0.39, 0.29) is 6.42 Å². The molecular formula is C4H7O2. The van der Waals surface area contributed by atoms with Crippen LogP contribution in [0.2, 0.25) is 0 Å². The molecule has 0 saturated heterocycles. The monoisotopic (exact) mass is 87.0 g/mol. The van der Waals surface area contributed by atoms with Crippen molar-refractivity contribution < 1.29 is 9.90 Å². The van der Waals surface area contributed by atoms with Gasteiger partial charge in [-0.1, -0.05) is 0 Å². The maximum Gasteiger partial charge on any atom is 0.201 e. The third-order valence-electron chi connectivity index (χ3n) is 0.379. The molecule has 0 aromatic rings. The fraction of sp³-hybridized carbons (Fsp3) is 0.750. The van der Waals surface area contributed by atoms with Gasteiger partial charge in [-0.2, -0.15) is 0 Å². The van der Waals surface area contributed by atoms with E-state index in [0.29, 0.717) is 0 Å². The first-order valence-electron chi connectivity index (χ1n) is 1.80. The van der Waals surface area contributed by atoms with Crippen LogP contribution in [0.1, 0.15) is 13.3 Å². The Kier molecular flexibility index (Phi) is 2.67. The number of hydrogen-bond acceptors (Lipinski definition) is 2. The highest BCUT2D eigenvalue weighted by Crippen LogP contribution is 1.80. The maximum atomic E-state index is 9.33. The molecule has 0 fully saturated rings. The Labute approximate surface area is 36.8 Å². The lowest BCUT2D eigenvalue weighted by atomic mass is 10.3. The second-order valence-electron chi connectivity index (χ2n) is 1.20. The second-order valence-corrected chi connectivity index (χ2v) is 1.20. The highest BCUT2D eigenvalue weighted by molar-refractivity contribution is 5.50. The summed E-state index contributed by atoms with van der Waals surface area (Å²) in [5.74, 6) is 0. The molecule has 1 N–H and O–H groups in total. The summed E-state index contributed by atoms with van der Waals surface area (Å²) >= 11 is 0. The van der Waals surface area contributed by atoms with E-state index in [9.17, 15) is 4.79 Å². The molecule has 0 heterocycles. The first-order valence-corrected chi connectivity index (χ1v) is 1.80. The molecule has 0 aliphatic rings. The van der Waals surface area contributed by atoms with Crippen LogP contribution in [0.15, 0.2) is 0 Å². The molecule has 6 heavy (non-hydrogen) atoms. The maximum absolute atomic E-state index is 9.33. The summed E-state index contributed by atoms with van der Waals surface area (Å²) in [4.78, 5) is 9.33. The third-order valence-corrected chi connectivity index (χ3v) is 0.379. The van der Waals surface area contributed by atoms with Crippen LogP contribution in [-0.4, -0.2) is 17.5 Å². The summed E-state index contributed by atoms with van der Waals surface area (Å²) in [6, 6.07) is 0. The summed E-state index contributed by atoms with van der Waals surface area (Å²) in [6.45, 7) is 1.55. The van der Waals surface area contributed by atoms with Gasteiger partial charge in [-0.05, 0) is 6.92 Å². The van der Waals surface area contributed by atoms with Crippen LogP contribution in [0.4, 0.5) is 0 Å². The summed E-state index contributed by atoms with van der Waals surface area (Å²) in [7, 11) is 0. The first-order chi connectivity index (χ1) is 2.77. The van der Waals surface area contributed by atoms with Crippen molar-refractivity contribution in [3.05, 3.63) is 0 Å². The number of aliphatic hydroxyl groups is 1. The van der Waals surface area contributed by atoms with Crippen LogP contribution in [0, 0.1) is 0 Å². The molecule has 0 aromatic carbocycles. The van der Waals surface area contributed by atoms with Gasteiger partial charge in [0.2, 0.25) is 6.29 Å². The normalized spacial score (nSPS) is 13.7. The Morgan fingerprint density at radius 3 is 2.50 bits per heavy atom. The van der Waals surface area contributed by atoms with E-state index >= 15 is 0 Å². The van der Waals surface area contributed by atoms with Crippen LogP contribution >= 0.6 is 0 Å². The molecule has 1 radical (unpaired) electrons. The number of carbonyl (C=O) groups excluding carboxylic acids is 1. The van der Waals surface area contributed by atoms with Gasteiger partial charge in [0.25, 0.3) is 0 Å². The molecule has 0 aliphatic heterocycles. The molecule has 0 amide bonds. The van der Waals surface area contributed by atoms with E-state index in [2.05, 4.69) is 0 Å². The zero-order chi connectivity index (χ0) is 4.99. The van der Waals surface area contributed by atoms with Crippen LogP contribution in [0.5, 0.6) is 0 Å². The minimum Gasteiger partial charge on any atom is -0.393 e. The van der Waals surface area contributed by atoms with Crippen molar-refractivity contribution in [1.82, 2.24) is 0 Å². The third kappa shape index (κ3) is 3.63. The van der Waals surface area contributed by atoms with E-state index in [0.717, 1.165) is 0 Å². The fourth-order valence-corrected chi connectivity index (χ4v) is 0.121. The summed E-state index contributed by atoms with van der Waals surface area (Å²) in [5, 5.41) is 8.29. The standard InChI is InChI=1S/C4H7O2/c1-4(6)2-3-5/h4,6H,2H2,1H3/t4-/m0/s1. The number of hydrogen-bond donors (Lipinski definition) is 1. The van der Waals surface area contributed by atoms with Crippen molar-refractivity contribution in [3.8, 4) is 0 Å². The zero-order valence-electron chi connectivity index (χ0n) is 3.64. The van der Waals surface area contributed by atoms with Gasteiger partial charge in [0.1, 0.15) is 0 Å². The molecule has 0 unspecified atom stereocenters. The van der Waals surface area contributed by atoms with Crippen LogP contribution in [0.3, 0.4) is 0 Å². The lowest BCUT2D eigenvalue weighted by Gasteiger charge is -1.89. The average molecular weight is 87.1 g/mol. The van der Waals surface area contributed by atoms with Crippen molar-refractivity contribution in [3.63, 3.8) is 0 Å². The average Bonchev–Trinajstić information content (AvgIpc) is 1.35. The quantitative estimate of drug-likeness (QED) is 0.509. The van der Waals surface area contributed by atoms with E-state index < -0.39 is 6.10 Å². The summed E-state index contributed by atoms with van der Waals surface area (Å²) < 4.78 is 0. The van der Waals surface area contributed by atoms with Gasteiger partial charge in [-0.3, -0.25) is 4.79 Å². The van der Waals surface area contributed by atoms with Crippen molar-refractivity contribution >= 4 is 6.29 Å². The van der Waals surface area contributed by atoms with Gasteiger partial charge < -0.3 is 5.11 Å². The molecule has 0 spiro atoms. The smallest absolute Gasteiger partial charge is 0.201 e. The van der Waals surface area contributed by atoms with Crippen molar-refractivity contribution in [2.75, 3.05) is 0 Å². The van der Waals surface area contributed by atoms with Crippen LogP contribution in [-0.2, 0) is 4.79 Å². The Balaban J connectivity index is 2.81. The summed E-state index contributed by atoms with van der Waals surface area (Å²) in [5.41, 5.74) is 0. The predicted octanol–water partition coefficient (Wildman–Crippen LogP) is -0.133. The molecule has 0 aliphatic carbocycles. The van der Waals surface area contributed by atoms with Crippen LogP contribution < -0.4 is 0 Å². The molecule has 35 valence electrons. The molecular weight excluding hydrogens is 80.0 g/mol. The molecule has 0 bridgehead atoms. The fourth-order valence-electron chi connectivity index (χ4n) is 0.121. The van der Waals surface area contributed by atoms with Gasteiger partial charge >= 0.3 is 0 Å². The van der Waals surface area contributed by atoms with Crippen LogP contribution in [0.25, 0.3) is 0 Å². The van der Waals surface area contributed by atoms with E-state index in [1.165, 1.54) is 0 Å². The Morgan fingerprint density at radius 1 is 2.00 bits per heavy atom. The lowest BCUT2D eigenvalue weighted by Crippen LogP contribution is -1.97. The molecule has 0 rings (SSSR count). The van der Waals surface area contributed by atoms with Gasteiger partial charge in [-0.15, -0.1) is 0 Å². The highest BCUT2D eigenvalue weighted by atomic mass is 16.3. The largest absolute Gasteiger partial charge is 0.393 e. The molecule has 2 nitrogen and oxygen atoms in total. The van der Waals surface area contributed by atoms with Crippen molar-refractivity contribution in [2.24, 2.45) is 0 Å². The van der Waals surface area contributed by atoms with Gasteiger partial charge in [0.05, 0.1) is 6.10 Å². The Bertz CT molecular complexity index is 40.8. The Morgan fingerprint density at radius 2 is 2.50 bits per heavy atom. The lowest BCUT2D eigenvalue weighted by molar-refractivity contribution is 0.202. The predicted molar refractivity (Wildman–Crippen MR) is 22.0 cm³/mol. The molecule has 0 saturated carbocycles. The SMILES string of the molecule is C[C@H](O)C[C]=O. The van der Waals surface area contributed by atoms with Gasteiger partial charge in [0.15, 0.2) is 0 Å². The highest BCUT2D eigenvalue weighted by Gasteiger charge is 1.89.